The Balaban J connectivity index is 3.09. The molecule has 0 fully saturated rings. The Hall–Kier alpha value is -0.490. The summed E-state index contributed by atoms with van der Waals surface area (Å²) in [5.74, 6) is 0.356. The Bertz CT molecular complexity index is 531. The van der Waals surface area contributed by atoms with Crippen molar-refractivity contribution in [2.24, 2.45) is 5.14 Å². The van der Waals surface area contributed by atoms with Crippen molar-refractivity contribution >= 4 is 33.2 Å². The van der Waals surface area contributed by atoms with Crippen LogP contribution in [0.4, 0.5) is 0 Å². The highest BCUT2D eigenvalue weighted by Crippen LogP contribution is 2.36. The van der Waals surface area contributed by atoms with Gasteiger partial charge in [0.2, 0.25) is 10.0 Å². The topological polar surface area (TPSA) is 69.4 Å². The van der Waals surface area contributed by atoms with Crippen LogP contribution in [0.2, 0.25) is 10.0 Å². The molecule has 1 aromatic carbocycles. The Morgan fingerprint density at radius 1 is 1.33 bits per heavy atom. The summed E-state index contributed by atoms with van der Waals surface area (Å²) in [4.78, 5) is -0.204. The van der Waals surface area contributed by atoms with E-state index in [2.05, 4.69) is 0 Å². The average Bonchev–Trinajstić information content (AvgIpc) is 2.23. The molecule has 4 nitrogen and oxygen atoms in total. The van der Waals surface area contributed by atoms with Gasteiger partial charge in [0.05, 0.1) is 11.1 Å². The molecule has 0 heterocycles. The third kappa shape index (κ3) is 3.75. The van der Waals surface area contributed by atoms with Gasteiger partial charge in [-0.2, -0.15) is 0 Å². The van der Waals surface area contributed by atoms with Crippen molar-refractivity contribution in [3.8, 4) is 5.75 Å². The van der Waals surface area contributed by atoms with E-state index < -0.39 is 10.0 Å². The number of halogens is 2. The molecule has 0 aliphatic rings. The van der Waals surface area contributed by atoms with Gasteiger partial charge in [0.15, 0.2) is 0 Å². The lowest BCUT2D eigenvalue weighted by Gasteiger charge is -2.16. The van der Waals surface area contributed by atoms with Crippen molar-refractivity contribution in [2.75, 3.05) is 0 Å². The summed E-state index contributed by atoms with van der Waals surface area (Å²) >= 11 is 11.8. The van der Waals surface area contributed by atoms with Crippen LogP contribution in [-0.2, 0) is 10.0 Å². The number of ether oxygens (including phenoxy) is 1. The second-order valence-corrected chi connectivity index (χ2v) is 6.24. The van der Waals surface area contributed by atoms with Crippen LogP contribution >= 0.6 is 23.2 Å². The zero-order chi connectivity index (χ0) is 13.9. The SMILES string of the molecule is CCCC(C)Oc1ccc(S(N)(=O)=O)c(Cl)c1Cl. The zero-order valence-corrected chi connectivity index (χ0v) is 12.4. The van der Waals surface area contributed by atoms with E-state index in [0.717, 1.165) is 12.8 Å². The lowest BCUT2D eigenvalue weighted by atomic mass is 10.2. The molecule has 0 aliphatic heterocycles. The molecule has 0 aromatic heterocycles. The first kappa shape index (κ1) is 15.6. The van der Waals surface area contributed by atoms with Crippen molar-refractivity contribution in [3.63, 3.8) is 0 Å². The smallest absolute Gasteiger partial charge is 0.239 e. The molecule has 1 rings (SSSR count). The van der Waals surface area contributed by atoms with Crippen molar-refractivity contribution in [1.29, 1.82) is 0 Å². The minimum Gasteiger partial charge on any atom is -0.489 e. The Morgan fingerprint density at radius 2 is 1.94 bits per heavy atom. The number of hydrogen-bond acceptors (Lipinski definition) is 3. The van der Waals surface area contributed by atoms with Gasteiger partial charge in [0.25, 0.3) is 0 Å². The van der Waals surface area contributed by atoms with Crippen molar-refractivity contribution in [2.45, 2.75) is 37.7 Å². The van der Waals surface area contributed by atoms with E-state index in [9.17, 15) is 8.42 Å². The summed E-state index contributed by atoms with van der Waals surface area (Å²) in [6.07, 6.45) is 1.82. The minimum atomic E-state index is -3.88. The van der Waals surface area contributed by atoms with Gasteiger partial charge in [0.1, 0.15) is 15.7 Å². The Labute approximate surface area is 117 Å². The maximum Gasteiger partial charge on any atom is 0.239 e. The van der Waals surface area contributed by atoms with Crippen LogP contribution in [-0.4, -0.2) is 14.5 Å². The van der Waals surface area contributed by atoms with Crippen molar-refractivity contribution in [1.82, 2.24) is 0 Å². The van der Waals surface area contributed by atoms with Crippen LogP contribution in [0.1, 0.15) is 26.7 Å². The fourth-order valence-electron chi connectivity index (χ4n) is 1.51. The monoisotopic (exact) mass is 311 g/mol. The summed E-state index contributed by atoms with van der Waals surface area (Å²) in [5.41, 5.74) is 0. The van der Waals surface area contributed by atoms with Gasteiger partial charge in [0, 0.05) is 0 Å². The molecule has 0 saturated carbocycles. The quantitative estimate of drug-likeness (QED) is 0.907. The summed E-state index contributed by atoms with van der Waals surface area (Å²) in [6, 6.07) is 2.75. The van der Waals surface area contributed by atoms with Gasteiger partial charge in [-0.1, -0.05) is 36.5 Å². The van der Waals surface area contributed by atoms with Gasteiger partial charge in [-0.05, 0) is 25.5 Å². The molecule has 0 aliphatic carbocycles. The highest BCUT2D eigenvalue weighted by atomic mass is 35.5. The number of benzene rings is 1. The molecule has 0 amide bonds. The molecule has 0 radical (unpaired) electrons. The first-order valence-electron chi connectivity index (χ1n) is 5.44. The highest BCUT2D eigenvalue weighted by molar-refractivity contribution is 7.89. The summed E-state index contributed by atoms with van der Waals surface area (Å²) < 4.78 is 28.1. The lowest BCUT2D eigenvalue weighted by molar-refractivity contribution is 0.210. The molecule has 0 bridgehead atoms. The third-order valence-electron chi connectivity index (χ3n) is 2.34. The maximum absolute atomic E-state index is 11.2. The maximum atomic E-state index is 11.2. The molecule has 1 atom stereocenters. The Morgan fingerprint density at radius 3 is 2.44 bits per heavy atom. The van der Waals surface area contributed by atoms with Crippen LogP contribution in [0.3, 0.4) is 0 Å². The minimum absolute atomic E-state index is 0.0242. The number of primary sulfonamides is 1. The normalized spacial score (nSPS) is 13.4. The average molecular weight is 312 g/mol. The van der Waals surface area contributed by atoms with E-state index in [1.54, 1.807) is 0 Å². The molecule has 1 aromatic rings. The zero-order valence-electron chi connectivity index (χ0n) is 10.1. The lowest BCUT2D eigenvalue weighted by Crippen LogP contribution is -2.14. The first-order valence-corrected chi connectivity index (χ1v) is 7.75. The number of sulfonamides is 1. The van der Waals surface area contributed by atoms with E-state index in [0.29, 0.717) is 5.75 Å². The molecule has 1 unspecified atom stereocenters. The predicted molar refractivity (Wildman–Crippen MR) is 72.8 cm³/mol. The van der Waals surface area contributed by atoms with E-state index in [1.807, 2.05) is 13.8 Å². The van der Waals surface area contributed by atoms with Crippen molar-refractivity contribution in [3.05, 3.63) is 22.2 Å². The van der Waals surface area contributed by atoms with Crippen molar-refractivity contribution < 1.29 is 13.2 Å². The van der Waals surface area contributed by atoms with Crippen LogP contribution in [0.15, 0.2) is 17.0 Å². The van der Waals surface area contributed by atoms with Crippen LogP contribution < -0.4 is 9.88 Å². The summed E-state index contributed by atoms with van der Waals surface area (Å²) in [7, 11) is -3.88. The molecule has 0 spiro atoms. The van der Waals surface area contributed by atoms with Gasteiger partial charge in [-0.3, -0.25) is 0 Å². The second-order valence-electron chi connectivity index (χ2n) is 3.95. The third-order valence-corrected chi connectivity index (χ3v) is 4.27. The Kier molecular flexibility index (Phi) is 5.28. The fraction of sp³-hybridized carbons (Fsp3) is 0.455. The molecule has 18 heavy (non-hydrogen) atoms. The summed E-state index contributed by atoms with van der Waals surface area (Å²) in [6.45, 7) is 3.94. The van der Waals surface area contributed by atoms with Gasteiger partial charge >= 0.3 is 0 Å². The largest absolute Gasteiger partial charge is 0.489 e. The highest BCUT2D eigenvalue weighted by Gasteiger charge is 2.19. The van der Waals surface area contributed by atoms with Gasteiger partial charge in [-0.15, -0.1) is 0 Å². The van der Waals surface area contributed by atoms with Crippen LogP contribution in [0.25, 0.3) is 0 Å². The van der Waals surface area contributed by atoms with Crippen LogP contribution in [0.5, 0.6) is 5.75 Å². The first-order chi connectivity index (χ1) is 8.27. The number of hydrogen-bond donors (Lipinski definition) is 1. The predicted octanol–water partition coefficient (Wildman–Crippen LogP) is 3.21. The van der Waals surface area contributed by atoms with Gasteiger partial charge < -0.3 is 4.74 Å². The molecule has 2 N–H and O–H groups in total. The van der Waals surface area contributed by atoms with Gasteiger partial charge in [-0.25, -0.2) is 13.6 Å². The molecular formula is C11H15Cl2NO3S. The molecule has 7 heteroatoms. The van der Waals surface area contributed by atoms with E-state index in [4.69, 9.17) is 33.1 Å². The van der Waals surface area contributed by atoms with E-state index in [1.165, 1.54) is 12.1 Å². The summed E-state index contributed by atoms with van der Waals surface area (Å²) in [5, 5.41) is 4.96. The fourth-order valence-corrected chi connectivity index (χ4v) is 2.86. The standard InChI is InChI=1S/C11H15Cl2NO3S/c1-3-4-7(2)17-8-5-6-9(18(14,15)16)11(13)10(8)12/h5-7H,3-4H2,1-2H3,(H2,14,15,16). The van der Waals surface area contributed by atoms with E-state index in [-0.39, 0.29) is 21.0 Å². The molecular weight excluding hydrogens is 297 g/mol. The second kappa shape index (κ2) is 6.10. The molecule has 102 valence electrons. The molecule has 0 saturated heterocycles. The number of rotatable bonds is 5. The van der Waals surface area contributed by atoms with Crippen LogP contribution in [0, 0.1) is 0 Å². The number of nitrogens with two attached hydrogens (primary N) is 1. The van der Waals surface area contributed by atoms with E-state index >= 15 is 0 Å².